The van der Waals surface area contributed by atoms with Gasteiger partial charge in [0, 0.05) is 30.4 Å². The summed E-state index contributed by atoms with van der Waals surface area (Å²) in [7, 11) is 0. The Morgan fingerprint density at radius 3 is 3.00 bits per heavy atom. The fourth-order valence-electron chi connectivity index (χ4n) is 2.92. The molecule has 0 aliphatic carbocycles. The number of hydrogen-bond acceptors (Lipinski definition) is 5. The molecule has 6 nitrogen and oxygen atoms in total. The molecule has 4 rings (SSSR count). The molecule has 2 aromatic heterocycles. The number of morpholine rings is 1. The van der Waals surface area contributed by atoms with Gasteiger partial charge in [-0.05, 0) is 24.6 Å². The molecule has 3 heterocycles. The topological polar surface area (TPSA) is 67.7 Å². The molecule has 24 heavy (non-hydrogen) atoms. The lowest BCUT2D eigenvalue weighted by Gasteiger charge is -2.24. The molecule has 1 fully saturated rings. The van der Waals surface area contributed by atoms with Crippen molar-refractivity contribution < 1.29 is 9.53 Å². The number of rotatable bonds is 3. The number of imidazole rings is 1. The van der Waals surface area contributed by atoms with E-state index < -0.39 is 0 Å². The quantitative estimate of drug-likeness (QED) is 0.768. The molecule has 1 aliphatic rings. The Labute approximate surface area is 143 Å². The molecule has 1 amide bonds. The predicted molar refractivity (Wildman–Crippen MR) is 93.8 cm³/mol. The summed E-state index contributed by atoms with van der Waals surface area (Å²) in [4.78, 5) is 17.8. The number of hydrogen-bond donors (Lipinski definition) is 2. The lowest BCUT2D eigenvalue weighted by Crippen LogP contribution is -2.33. The van der Waals surface area contributed by atoms with Crippen molar-refractivity contribution >= 4 is 27.9 Å². The highest BCUT2D eigenvalue weighted by Gasteiger charge is 2.18. The van der Waals surface area contributed by atoms with E-state index in [1.54, 1.807) is 0 Å². The number of fused-ring (bicyclic) bond motifs is 1. The van der Waals surface area contributed by atoms with Gasteiger partial charge >= 0.3 is 0 Å². The van der Waals surface area contributed by atoms with Crippen molar-refractivity contribution in [3.63, 3.8) is 0 Å². The second-order valence-corrected chi connectivity index (χ2v) is 6.61. The third-order valence-electron chi connectivity index (χ3n) is 4.12. The van der Waals surface area contributed by atoms with Crippen molar-refractivity contribution in [2.45, 2.75) is 13.0 Å². The zero-order valence-corrected chi connectivity index (χ0v) is 14.1. The Hall–Kier alpha value is -2.22. The highest BCUT2D eigenvalue weighted by molar-refractivity contribution is 7.15. The van der Waals surface area contributed by atoms with Gasteiger partial charge in [-0.1, -0.05) is 12.1 Å². The largest absolute Gasteiger partial charge is 0.371 e. The maximum absolute atomic E-state index is 12.6. The molecule has 1 aromatic carbocycles. The number of anilines is 1. The number of benzene rings is 1. The molecule has 0 spiro atoms. The van der Waals surface area contributed by atoms with Crippen molar-refractivity contribution in [2.75, 3.05) is 25.0 Å². The third kappa shape index (κ3) is 2.82. The highest BCUT2D eigenvalue weighted by Crippen LogP contribution is 2.22. The van der Waals surface area contributed by atoms with Crippen LogP contribution in [0.4, 0.5) is 5.69 Å². The molecule has 0 bridgehead atoms. The minimum Gasteiger partial charge on any atom is -0.371 e. The summed E-state index contributed by atoms with van der Waals surface area (Å²) in [6.07, 6.45) is 1.94. The molecule has 7 heteroatoms. The summed E-state index contributed by atoms with van der Waals surface area (Å²) in [6, 6.07) is 7.81. The molecule has 2 N–H and O–H groups in total. The second kappa shape index (κ2) is 6.35. The van der Waals surface area contributed by atoms with Gasteiger partial charge in [0.05, 0.1) is 18.4 Å². The van der Waals surface area contributed by atoms with Gasteiger partial charge in [0.1, 0.15) is 5.69 Å². The van der Waals surface area contributed by atoms with Crippen LogP contribution >= 0.6 is 11.3 Å². The molecule has 3 aromatic rings. The fourth-order valence-corrected chi connectivity index (χ4v) is 3.68. The normalized spacial score (nSPS) is 18.0. The monoisotopic (exact) mass is 342 g/mol. The van der Waals surface area contributed by atoms with Gasteiger partial charge in [-0.25, -0.2) is 4.98 Å². The van der Waals surface area contributed by atoms with E-state index in [0.29, 0.717) is 5.69 Å². The molecular formula is C17H18N4O2S. The number of thiazole rings is 1. The number of amides is 1. The highest BCUT2D eigenvalue weighted by atomic mass is 32.1. The molecule has 1 unspecified atom stereocenters. The van der Waals surface area contributed by atoms with Crippen LogP contribution in [0.2, 0.25) is 0 Å². The number of carbonyl (C=O) groups is 1. The predicted octanol–water partition coefficient (Wildman–Crippen LogP) is 2.62. The Morgan fingerprint density at radius 2 is 2.25 bits per heavy atom. The molecule has 1 aliphatic heterocycles. The van der Waals surface area contributed by atoms with Crippen LogP contribution in [-0.2, 0) is 4.74 Å². The van der Waals surface area contributed by atoms with Crippen molar-refractivity contribution in [1.82, 2.24) is 14.7 Å². The first-order valence-corrected chi connectivity index (χ1v) is 8.76. The van der Waals surface area contributed by atoms with Crippen molar-refractivity contribution in [1.29, 1.82) is 0 Å². The number of nitrogens with one attached hydrogen (secondary N) is 2. The van der Waals surface area contributed by atoms with Crippen LogP contribution in [0.25, 0.3) is 4.96 Å². The number of carbonyl (C=O) groups excluding carboxylic acids is 1. The van der Waals surface area contributed by atoms with Crippen molar-refractivity contribution in [3.8, 4) is 0 Å². The van der Waals surface area contributed by atoms with E-state index in [2.05, 4.69) is 15.6 Å². The summed E-state index contributed by atoms with van der Waals surface area (Å²) in [5, 5.41) is 8.18. The van der Waals surface area contributed by atoms with Crippen LogP contribution in [0.3, 0.4) is 0 Å². The molecule has 124 valence electrons. The zero-order valence-electron chi connectivity index (χ0n) is 13.3. The van der Waals surface area contributed by atoms with E-state index in [1.807, 2.05) is 47.2 Å². The van der Waals surface area contributed by atoms with E-state index in [4.69, 9.17) is 4.74 Å². The maximum atomic E-state index is 12.6. The first-order valence-electron chi connectivity index (χ1n) is 7.88. The van der Waals surface area contributed by atoms with Crippen LogP contribution in [0.5, 0.6) is 0 Å². The summed E-state index contributed by atoms with van der Waals surface area (Å²) >= 11 is 1.52. The van der Waals surface area contributed by atoms with Crippen LogP contribution < -0.4 is 10.6 Å². The van der Waals surface area contributed by atoms with Gasteiger partial charge in [-0.2, -0.15) is 0 Å². The van der Waals surface area contributed by atoms with E-state index in [9.17, 15) is 4.79 Å². The minimum atomic E-state index is -0.151. The summed E-state index contributed by atoms with van der Waals surface area (Å²) in [6.45, 7) is 4.29. The summed E-state index contributed by atoms with van der Waals surface area (Å²) in [5.74, 6) is -0.151. The van der Waals surface area contributed by atoms with E-state index in [0.717, 1.165) is 41.6 Å². The maximum Gasteiger partial charge on any atom is 0.274 e. The summed E-state index contributed by atoms with van der Waals surface area (Å²) in [5.41, 5.74) is 3.19. The van der Waals surface area contributed by atoms with E-state index >= 15 is 0 Å². The van der Waals surface area contributed by atoms with Crippen LogP contribution in [0.15, 0.2) is 35.8 Å². The lowest BCUT2D eigenvalue weighted by atomic mass is 10.1. The second-order valence-electron chi connectivity index (χ2n) is 5.74. The first-order chi connectivity index (χ1) is 11.7. The molecule has 0 saturated carbocycles. The lowest BCUT2D eigenvalue weighted by molar-refractivity contribution is 0.0277. The average molecular weight is 342 g/mol. The molecule has 1 atom stereocenters. The van der Waals surface area contributed by atoms with Gasteiger partial charge < -0.3 is 15.4 Å². The van der Waals surface area contributed by atoms with Gasteiger partial charge in [-0.15, -0.1) is 11.3 Å². The number of aromatic nitrogens is 2. The Balaban J connectivity index is 1.51. The standard InChI is InChI=1S/C17H18N4O2S/c1-11-15(21-7-9-24-17(21)19-11)16(22)20-13-4-2-12(3-5-13)14-10-18-6-8-23-14/h2-5,7,9,14,18H,6,8,10H2,1H3,(H,20,22). The number of nitrogens with zero attached hydrogens (tertiary/aromatic N) is 2. The third-order valence-corrected chi connectivity index (χ3v) is 4.88. The minimum absolute atomic E-state index is 0.0750. The Kier molecular flexibility index (Phi) is 4.05. The Morgan fingerprint density at radius 1 is 1.42 bits per heavy atom. The van der Waals surface area contributed by atoms with Crippen LogP contribution in [0, 0.1) is 6.92 Å². The first kappa shape index (κ1) is 15.3. The van der Waals surface area contributed by atoms with Crippen LogP contribution in [0.1, 0.15) is 27.8 Å². The van der Waals surface area contributed by atoms with E-state index in [1.165, 1.54) is 11.3 Å². The molecule has 1 saturated heterocycles. The average Bonchev–Trinajstić information content (AvgIpc) is 3.16. The van der Waals surface area contributed by atoms with Gasteiger partial charge in [0.2, 0.25) is 0 Å². The van der Waals surface area contributed by atoms with Gasteiger partial charge in [0.15, 0.2) is 4.96 Å². The van der Waals surface area contributed by atoms with Crippen LogP contribution in [-0.4, -0.2) is 35.0 Å². The van der Waals surface area contributed by atoms with Gasteiger partial charge in [0.25, 0.3) is 5.91 Å². The number of ether oxygens (including phenoxy) is 1. The smallest absolute Gasteiger partial charge is 0.274 e. The van der Waals surface area contributed by atoms with E-state index in [-0.39, 0.29) is 12.0 Å². The van der Waals surface area contributed by atoms with Crippen molar-refractivity contribution in [3.05, 3.63) is 52.8 Å². The molecular weight excluding hydrogens is 324 g/mol. The SMILES string of the molecule is Cc1nc2sccn2c1C(=O)Nc1ccc(C2CNCCO2)cc1. The molecule has 0 radical (unpaired) electrons. The summed E-state index contributed by atoms with van der Waals surface area (Å²) < 4.78 is 7.56. The zero-order chi connectivity index (χ0) is 16.5. The van der Waals surface area contributed by atoms with Gasteiger partial charge in [-0.3, -0.25) is 9.20 Å². The Bertz CT molecular complexity index is 862. The number of aryl methyl sites for hydroxylation is 1. The fraction of sp³-hybridized carbons (Fsp3) is 0.294. The van der Waals surface area contributed by atoms with Crippen molar-refractivity contribution in [2.24, 2.45) is 0 Å².